The van der Waals surface area contributed by atoms with Crippen molar-refractivity contribution < 1.29 is 14.0 Å². The molecular formula is C14H19F2N3O. The lowest BCUT2D eigenvalue weighted by atomic mass is 10.0. The van der Waals surface area contributed by atoms with Crippen LogP contribution in [-0.4, -0.2) is 24.1 Å². The van der Waals surface area contributed by atoms with Gasteiger partial charge < -0.3 is 16.3 Å². The molecule has 1 aromatic carbocycles. The predicted molar refractivity (Wildman–Crippen MR) is 72.6 cm³/mol. The second-order valence-electron chi connectivity index (χ2n) is 5.47. The van der Waals surface area contributed by atoms with Gasteiger partial charge in [0.15, 0.2) is 0 Å². The van der Waals surface area contributed by atoms with Gasteiger partial charge in [-0.3, -0.25) is 0 Å². The highest BCUT2D eigenvalue weighted by atomic mass is 19.1. The van der Waals surface area contributed by atoms with E-state index in [-0.39, 0.29) is 11.3 Å². The lowest BCUT2D eigenvalue weighted by molar-refractivity contribution is 0.314. The van der Waals surface area contributed by atoms with Crippen LogP contribution in [0.1, 0.15) is 24.8 Å². The molecule has 4 nitrogen and oxygen atoms in total. The van der Waals surface area contributed by atoms with Gasteiger partial charge in [0.2, 0.25) is 0 Å². The fourth-order valence-electron chi connectivity index (χ4n) is 2.35. The van der Waals surface area contributed by atoms with Crippen LogP contribution < -0.4 is 11.1 Å². The van der Waals surface area contributed by atoms with Crippen molar-refractivity contribution in [3.05, 3.63) is 35.4 Å². The first kappa shape index (κ1) is 14.7. The minimum Gasteiger partial charge on any atom is -0.409 e. The molecule has 1 fully saturated rings. The maximum absolute atomic E-state index is 13.0. The lowest BCUT2D eigenvalue weighted by Crippen LogP contribution is -2.29. The highest BCUT2D eigenvalue weighted by molar-refractivity contribution is 5.80. The van der Waals surface area contributed by atoms with Crippen molar-refractivity contribution in [2.45, 2.75) is 25.7 Å². The summed E-state index contributed by atoms with van der Waals surface area (Å²) in [6.07, 6.45) is 3.23. The van der Waals surface area contributed by atoms with E-state index in [0.29, 0.717) is 24.9 Å². The zero-order valence-corrected chi connectivity index (χ0v) is 11.2. The van der Waals surface area contributed by atoms with Gasteiger partial charge in [-0.05, 0) is 48.9 Å². The number of hydrogen-bond donors (Lipinski definition) is 3. The van der Waals surface area contributed by atoms with Crippen LogP contribution in [0, 0.1) is 17.0 Å². The second-order valence-corrected chi connectivity index (χ2v) is 5.47. The molecule has 1 aliphatic rings. The third-order valence-corrected chi connectivity index (χ3v) is 3.65. The van der Waals surface area contributed by atoms with Crippen LogP contribution >= 0.6 is 0 Å². The molecule has 0 aromatic heterocycles. The van der Waals surface area contributed by atoms with E-state index in [0.717, 1.165) is 25.5 Å². The molecule has 0 unspecified atom stereocenters. The van der Waals surface area contributed by atoms with Gasteiger partial charge in [0.05, 0.1) is 0 Å². The van der Waals surface area contributed by atoms with Crippen molar-refractivity contribution in [3.8, 4) is 0 Å². The summed E-state index contributed by atoms with van der Waals surface area (Å²) in [6, 6.07) is 3.55. The van der Waals surface area contributed by atoms with Crippen molar-refractivity contribution in [2.75, 3.05) is 13.1 Å². The molecule has 6 heteroatoms. The van der Waals surface area contributed by atoms with Crippen LogP contribution in [0.25, 0.3) is 0 Å². The number of nitrogens with one attached hydrogen (secondary N) is 1. The van der Waals surface area contributed by atoms with E-state index >= 15 is 0 Å². The van der Waals surface area contributed by atoms with Gasteiger partial charge >= 0.3 is 0 Å². The van der Waals surface area contributed by atoms with Crippen LogP contribution in [0.2, 0.25) is 0 Å². The number of rotatable bonds is 7. The Balaban J connectivity index is 1.74. The van der Waals surface area contributed by atoms with Crippen LogP contribution in [-0.2, 0) is 6.42 Å². The molecule has 0 saturated heterocycles. The van der Waals surface area contributed by atoms with Gasteiger partial charge in [-0.1, -0.05) is 5.16 Å². The Morgan fingerprint density at radius 1 is 1.30 bits per heavy atom. The first-order valence-electron chi connectivity index (χ1n) is 6.65. The van der Waals surface area contributed by atoms with Gasteiger partial charge in [-0.25, -0.2) is 8.78 Å². The molecule has 0 radical (unpaired) electrons. The SMILES string of the molecule is NC(CC1(CNCCc2cc(F)cc(F)c2)CC1)=NO. The maximum atomic E-state index is 13.0. The molecule has 1 saturated carbocycles. The third kappa shape index (κ3) is 4.16. The average molecular weight is 283 g/mol. The van der Waals surface area contributed by atoms with Gasteiger partial charge in [0, 0.05) is 19.0 Å². The minimum atomic E-state index is -0.550. The Morgan fingerprint density at radius 3 is 2.50 bits per heavy atom. The molecule has 110 valence electrons. The van der Waals surface area contributed by atoms with Crippen molar-refractivity contribution in [3.63, 3.8) is 0 Å². The van der Waals surface area contributed by atoms with E-state index in [9.17, 15) is 8.78 Å². The number of oxime groups is 1. The molecule has 0 heterocycles. The summed E-state index contributed by atoms with van der Waals surface area (Å²) in [5.74, 6) is -0.854. The van der Waals surface area contributed by atoms with E-state index in [1.165, 1.54) is 12.1 Å². The van der Waals surface area contributed by atoms with Crippen molar-refractivity contribution in [1.82, 2.24) is 5.32 Å². The summed E-state index contributed by atoms with van der Waals surface area (Å²) in [4.78, 5) is 0. The molecule has 0 amide bonds. The van der Waals surface area contributed by atoms with E-state index < -0.39 is 11.6 Å². The van der Waals surface area contributed by atoms with E-state index in [2.05, 4.69) is 10.5 Å². The standard InChI is InChI=1S/C14H19F2N3O/c15-11-5-10(6-12(16)7-11)1-4-18-9-14(2-3-14)8-13(17)19-20/h5-7,18,20H,1-4,8-9H2,(H2,17,19). The number of nitrogens with two attached hydrogens (primary N) is 1. The summed E-state index contributed by atoms with van der Waals surface area (Å²) >= 11 is 0. The summed E-state index contributed by atoms with van der Waals surface area (Å²) < 4.78 is 26.0. The molecule has 0 bridgehead atoms. The summed E-state index contributed by atoms with van der Waals surface area (Å²) in [6.45, 7) is 1.40. The molecule has 0 spiro atoms. The minimum absolute atomic E-state index is 0.0868. The Kier molecular flexibility index (Phi) is 4.54. The van der Waals surface area contributed by atoms with Gasteiger partial charge in [0.25, 0.3) is 0 Å². The second kappa shape index (κ2) is 6.17. The van der Waals surface area contributed by atoms with Crippen molar-refractivity contribution in [2.24, 2.45) is 16.3 Å². The lowest BCUT2D eigenvalue weighted by Gasteiger charge is -2.15. The van der Waals surface area contributed by atoms with Crippen molar-refractivity contribution in [1.29, 1.82) is 0 Å². The molecule has 1 aromatic rings. The maximum Gasteiger partial charge on any atom is 0.139 e. The van der Waals surface area contributed by atoms with E-state index in [4.69, 9.17) is 10.9 Å². The molecule has 4 N–H and O–H groups in total. The van der Waals surface area contributed by atoms with Gasteiger partial charge in [-0.15, -0.1) is 0 Å². The Bertz CT molecular complexity index is 481. The summed E-state index contributed by atoms with van der Waals surface area (Å²) in [5, 5.41) is 14.8. The van der Waals surface area contributed by atoms with E-state index in [1.54, 1.807) is 0 Å². The van der Waals surface area contributed by atoms with Crippen LogP contribution in [0.5, 0.6) is 0 Å². The highest BCUT2D eigenvalue weighted by Crippen LogP contribution is 2.48. The number of amidine groups is 1. The zero-order chi connectivity index (χ0) is 14.6. The third-order valence-electron chi connectivity index (χ3n) is 3.65. The number of nitrogens with zero attached hydrogens (tertiary/aromatic N) is 1. The van der Waals surface area contributed by atoms with Crippen molar-refractivity contribution >= 4 is 5.84 Å². The monoisotopic (exact) mass is 283 g/mol. The Hall–Kier alpha value is -1.69. The first-order valence-corrected chi connectivity index (χ1v) is 6.65. The smallest absolute Gasteiger partial charge is 0.139 e. The van der Waals surface area contributed by atoms with Gasteiger partial charge in [-0.2, -0.15) is 0 Å². The largest absolute Gasteiger partial charge is 0.409 e. The van der Waals surface area contributed by atoms with Crippen LogP contribution in [0.3, 0.4) is 0 Å². The van der Waals surface area contributed by atoms with Crippen LogP contribution in [0.15, 0.2) is 23.4 Å². The normalized spacial score (nSPS) is 17.2. The Labute approximate surface area is 116 Å². The molecule has 2 rings (SSSR count). The topological polar surface area (TPSA) is 70.6 Å². The molecule has 1 aliphatic carbocycles. The fourth-order valence-corrected chi connectivity index (χ4v) is 2.35. The molecular weight excluding hydrogens is 264 g/mol. The Morgan fingerprint density at radius 2 is 1.95 bits per heavy atom. The highest BCUT2D eigenvalue weighted by Gasteiger charge is 2.42. The predicted octanol–water partition coefficient (Wildman–Crippen LogP) is 2.01. The summed E-state index contributed by atoms with van der Waals surface area (Å²) in [5.41, 5.74) is 6.24. The zero-order valence-electron chi connectivity index (χ0n) is 11.2. The summed E-state index contributed by atoms with van der Waals surface area (Å²) in [7, 11) is 0. The quantitative estimate of drug-likeness (QED) is 0.236. The van der Waals surface area contributed by atoms with E-state index in [1.807, 2.05) is 0 Å². The van der Waals surface area contributed by atoms with Crippen LogP contribution in [0.4, 0.5) is 8.78 Å². The van der Waals surface area contributed by atoms with Gasteiger partial charge in [0.1, 0.15) is 17.5 Å². The molecule has 0 atom stereocenters. The average Bonchev–Trinajstić information content (AvgIpc) is 3.13. The molecule has 20 heavy (non-hydrogen) atoms. The first-order chi connectivity index (χ1) is 9.53. The molecule has 0 aliphatic heterocycles. The number of halogens is 2. The fraction of sp³-hybridized carbons (Fsp3) is 0.500. The number of benzene rings is 1. The number of hydrogen-bond acceptors (Lipinski definition) is 3.